The van der Waals surface area contributed by atoms with Crippen molar-refractivity contribution in [2.24, 2.45) is 5.73 Å². The van der Waals surface area contributed by atoms with E-state index < -0.39 is 23.3 Å². The van der Waals surface area contributed by atoms with Crippen LogP contribution in [0.15, 0.2) is 18.2 Å². The van der Waals surface area contributed by atoms with Crippen LogP contribution in [0.3, 0.4) is 0 Å². The molecule has 0 spiro atoms. The van der Waals surface area contributed by atoms with Gasteiger partial charge in [0, 0.05) is 6.42 Å². The third-order valence-corrected chi connectivity index (χ3v) is 3.09. The summed E-state index contributed by atoms with van der Waals surface area (Å²) in [4.78, 5) is 24.2. The zero-order valence-corrected chi connectivity index (χ0v) is 11.4. The van der Waals surface area contributed by atoms with Crippen molar-refractivity contribution in [3.05, 3.63) is 29.6 Å². The number of ketones is 1. The molecular formula is C14H17FN2O3. The molecule has 1 aromatic rings. The third kappa shape index (κ3) is 2.80. The molecule has 2 rings (SSSR count). The minimum absolute atomic E-state index is 0.0544. The van der Waals surface area contributed by atoms with Crippen LogP contribution in [0.5, 0.6) is 5.75 Å². The van der Waals surface area contributed by atoms with Crippen LogP contribution in [-0.2, 0) is 4.79 Å². The fourth-order valence-corrected chi connectivity index (χ4v) is 1.93. The SMILES string of the molecule is CC(C)(N)C(=O)NC1CCOc2c(F)cccc2C1=O. The van der Waals surface area contributed by atoms with Gasteiger partial charge < -0.3 is 15.8 Å². The molecule has 1 amide bonds. The lowest BCUT2D eigenvalue weighted by atomic mass is 9.99. The molecule has 0 bridgehead atoms. The van der Waals surface area contributed by atoms with E-state index in [1.165, 1.54) is 18.2 Å². The number of nitrogens with two attached hydrogens (primary N) is 1. The van der Waals surface area contributed by atoms with Gasteiger partial charge in [0.15, 0.2) is 17.3 Å². The number of nitrogens with one attached hydrogen (secondary N) is 1. The van der Waals surface area contributed by atoms with E-state index in [-0.39, 0.29) is 30.1 Å². The first-order valence-corrected chi connectivity index (χ1v) is 6.36. The number of hydrogen-bond acceptors (Lipinski definition) is 4. The van der Waals surface area contributed by atoms with E-state index in [4.69, 9.17) is 10.5 Å². The zero-order chi connectivity index (χ0) is 14.9. The first-order chi connectivity index (χ1) is 9.30. The van der Waals surface area contributed by atoms with Gasteiger partial charge in [-0.05, 0) is 26.0 Å². The summed E-state index contributed by atoms with van der Waals surface area (Å²) in [6.07, 6.45) is 0.273. The standard InChI is InChI=1S/C14H17FN2O3/c1-14(2,16)13(19)17-10-6-7-20-12-8(11(10)18)4-3-5-9(12)15/h3-5,10H,6-7,16H2,1-2H3,(H,17,19). The number of carbonyl (C=O) groups is 2. The maximum atomic E-state index is 13.6. The molecule has 1 atom stereocenters. The van der Waals surface area contributed by atoms with Crippen LogP contribution < -0.4 is 15.8 Å². The molecule has 0 radical (unpaired) electrons. The smallest absolute Gasteiger partial charge is 0.240 e. The first-order valence-electron chi connectivity index (χ1n) is 6.36. The summed E-state index contributed by atoms with van der Waals surface area (Å²) in [5.41, 5.74) is 4.74. The number of halogens is 1. The van der Waals surface area contributed by atoms with Gasteiger partial charge in [-0.3, -0.25) is 9.59 Å². The lowest BCUT2D eigenvalue weighted by Crippen LogP contribution is -2.54. The summed E-state index contributed by atoms with van der Waals surface area (Å²) in [7, 11) is 0. The summed E-state index contributed by atoms with van der Waals surface area (Å²) in [6, 6.07) is 3.40. The van der Waals surface area contributed by atoms with E-state index in [0.29, 0.717) is 0 Å². The molecule has 5 nitrogen and oxygen atoms in total. The van der Waals surface area contributed by atoms with E-state index in [0.717, 1.165) is 0 Å². The number of Topliss-reactive ketones (excluding diaryl/α,β-unsaturated/α-hetero) is 1. The van der Waals surface area contributed by atoms with Gasteiger partial charge >= 0.3 is 0 Å². The van der Waals surface area contributed by atoms with Crippen LogP contribution in [0.2, 0.25) is 0 Å². The van der Waals surface area contributed by atoms with Gasteiger partial charge in [0.2, 0.25) is 5.91 Å². The zero-order valence-electron chi connectivity index (χ0n) is 11.4. The fraction of sp³-hybridized carbons (Fsp3) is 0.429. The van der Waals surface area contributed by atoms with Gasteiger partial charge in [0.25, 0.3) is 0 Å². The predicted molar refractivity (Wildman–Crippen MR) is 71.0 cm³/mol. The first kappa shape index (κ1) is 14.5. The van der Waals surface area contributed by atoms with E-state index in [1.807, 2.05) is 0 Å². The Morgan fingerprint density at radius 3 is 2.85 bits per heavy atom. The van der Waals surface area contributed by atoms with Crippen molar-refractivity contribution in [1.82, 2.24) is 5.32 Å². The second-order valence-corrected chi connectivity index (χ2v) is 5.37. The van der Waals surface area contributed by atoms with Crippen molar-refractivity contribution >= 4 is 11.7 Å². The van der Waals surface area contributed by atoms with Crippen molar-refractivity contribution in [3.8, 4) is 5.75 Å². The molecule has 1 unspecified atom stereocenters. The molecule has 1 aromatic carbocycles. The van der Waals surface area contributed by atoms with Gasteiger partial charge in [-0.25, -0.2) is 4.39 Å². The highest BCUT2D eigenvalue weighted by Crippen LogP contribution is 2.27. The largest absolute Gasteiger partial charge is 0.490 e. The molecule has 0 aromatic heterocycles. The maximum Gasteiger partial charge on any atom is 0.240 e. The normalized spacial score (nSPS) is 18.8. The Bertz CT molecular complexity index is 552. The Labute approximate surface area is 116 Å². The molecule has 6 heteroatoms. The van der Waals surface area contributed by atoms with Crippen LogP contribution in [0.25, 0.3) is 0 Å². The molecule has 1 heterocycles. The second-order valence-electron chi connectivity index (χ2n) is 5.37. The molecule has 1 aliphatic heterocycles. The molecule has 0 saturated carbocycles. The molecule has 3 N–H and O–H groups in total. The Morgan fingerprint density at radius 2 is 2.20 bits per heavy atom. The monoisotopic (exact) mass is 280 g/mol. The Kier molecular flexibility index (Phi) is 3.76. The molecule has 0 aliphatic carbocycles. The highest BCUT2D eigenvalue weighted by molar-refractivity contribution is 6.04. The Hall–Kier alpha value is -1.95. The predicted octanol–water partition coefficient (Wildman–Crippen LogP) is 1.01. The quantitative estimate of drug-likeness (QED) is 0.847. The van der Waals surface area contributed by atoms with Crippen LogP contribution in [0, 0.1) is 5.82 Å². The summed E-state index contributed by atoms with van der Waals surface area (Å²) < 4.78 is 18.9. The highest BCUT2D eigenvalue weighted by atomic mass is 19.1. The van der Waals surface area contributed by atoms with E-state index in [1.54, 1.807) is 13.8 Å². The maximum absolute atomic E-state index is 13.6. The Morgan fingerprint density at radius 1 is 1.50 bits per heavy atom. The van der Waals surface area contributed by atoms with Gasteiger partial charge in [0.1, 0.15) is 0 Å². The Balaban J connectivity index is 2.26. The van der Waals surface area contributed by atoms with Gasteiger partial charge in [-0.1, -0.05) is 6.07 Å². The van der Waals surface area contributed by atoms with Crippen molar-refractivity contribution in [3.63, 3.8) is 0 Å². The third-order valence-electron chi connectivity index (χ3n) is 3.09. The number of para-hydroxylation sites is 1. The van der Waals surface area contributed by atoms with E-state index in [9.17, 15) is 14.0 Å². The summed E-state index contributed by atoms with van der Waals surface area (Å²) in [5.74, 6) is -1.44. The minimum atomic E-state index is -1.09. The summed E-state index contributed by atoms with van der Waals surface area (Å²) in [6.45, 7) is 3.25. The number of hydrogen-bond donors (Lipinski definition) is 2. The number of fused-ring (bicyclic) bond motifs is 1. The fourth-order valence-electron chi connectivity index (χ4n) is 1.93. The number of amides is 1. The van der Waals surface area contributed by atoms with Crippen LogP contribution in [0.4, 0.5) is 4.39 Å². The highest BCUT2D eigenvalue weighted by Gasteiger charge is 2.32. The lowest BCUT2D eigenvalue weighted by Gasteiger charge is -2.22. The van der Waals surface area contributed by atoms with Crippen LogP contribution in [-0.4, -0.2) is 29.9 Å². The molecular weight excluding hydrogens is 263 g/mol. The van der Waals surface area contributed by atoms with Crippen molar-refractivity contribution < 1.29 is 18.7 Å². The summed E-state index contributed by atoms with van der Waals surface area (Å²) >= 11 is 0. The lowest BCUT2D eigenvalue weighted by molar-refractivity contribution is -0.125. The number of ether oxygens (including phenoxy) is 1. The van der Waals surface area contributed by atoms with Gasteiger partial charge in [-0.2, -0.15) is 0 Å². The average molecular weight is 280 g/mol. The van der Waals surface area contributed by atoms with Crippen molar-refractivity contribution in [2.45, 2.75) is 31.8 Å². The van der Waals surface area contributed by atoms with Crippen molar-refractivity contribution in [1.29, 1.82) is 0 Å². The van der Waals surface area contributed by atoms with Crippen LogP contribution in [0.1, 0.15) is 30.6 Å². The van der Waals surface area contributed by atoms with E-state index in [2.05, 4.69) is 5.32 Å². The van der Waals surface area contributed by atoms with Crippen molar-refractivity contribution in [2.75, 3.05) is 6.61 Å². The molecule has 20 heavy (non-hydrogen) atoms. The second kappa shape index (κ2) is 5.20. The molecule has 0 fully saturated rings. The van der Waals surface area contributed by atoms with Gasteiger partial charge in [0.05, 0.1) is 23.8 Å². The average Bonchev–Trinajstić information content (AvgIpc) is 2.51. The molecule has 108 valence electrons. The van der Waals surface area contributed by atoms with Gasteiger partial charge in [-0.15, -0.1) is 0 Å². The molecule has 1 aliphatic rings. The summed E-state index contributed by atoms with van der Waals surface area (Å²) in [5, 5.41) is 2.59. The molecule has 0 saturated heterocycles. The van der Waals surface area contributed by atoms with E-state index >= 15 is 0 Å². The number of benzene rings is 1. The topological polar surface area (TPSA) is 81.4 Å². The number of carbonyl (C=O) groups excluding carboxylic acids is 2. The minimum Gasteiger partial charge on any atom is -0.490 e. The number of rotatable bonds is 2. The van der Waals surface area contributed by atoms with Crippen LogP contribution >= 0.6 is 0 Å².